The molecule has 1 rings (SSSR count). The standard InChI is InChI=1S/C7H6BrFN2O2/c1-10-7(12)13-5-3-2-4(8)6(9)11-5/h2-3H,1H3,(H,10,12). The van der Waals surface area contributed by atoms with Crippen molar-refractivity contribution >= 4 is 22.0 Å². The van der Waals surface area contributed by atoms with E-state index in [2.05, 4.69) is 31.0 Å². The second kappa shape index (κ2) is 4.18. The first-order chi connectivity index (χ1) is 6.13. The summed E-state index contributed by atoms with van der Waals surface area (Å²) in [5.41, 5.74) is 0. The molecule has 0 fully saturated rings. The summed E-state index contributed by atoms with van der Waals surface area (Å²) >= 11 is 2.92. The summed E-state index contributed by atoms with van der Waals surface area (Å²) < 4.78 is 17.6. The van der Waals surface area contributed by atoms with Gasteiger partial charge in [-0.15, -0.1) is 0 Å². The molecule has 1 N–H and O–H groups in total. The van der Waals surface area contributed by atoms with Gasteiger partial charge in [-0.05, 0) is 22.0 Å². The lowest BCUT2D eigenvalue weighted by molar-refractivity contribution is 0.200. The van der Waals surface area contributed by atoms with E-state index in [-0.39, 0.29) is 10.4 Å². The van der Waals surface area contributed by atoms with Gasteiger partial charge in [-0.1, -0.05) is 0 Å². The lowest BCUT2D eigenvalue weighted by atomic mass is 10.5. The number of pyridine rings is 1. The van der Waals surface area contributed by atoms with Gasteiger partial charge in [0.05, 0.1) is 4.47 Å². The van der Waals surface area contributed by atoms with Crippen LogP contribution in [0, 0.1) is 5.95 Å². The van der Waals surface area contributed by atoms with Gasteiger partial charge in [-0.2, -0.15) is 9.37 Å². The third-order valence-corrected chi connectivity index (χ3v) is 1.77. The zero-order chi connectivity index (χ0) is 9.84. The minimum atomic E-state index is -0.721. The Kier molecular flexibility index (Phi) is 3.18. The largest absolute Gasteiger partial charge is 0.413 e. The Morgan fingerprint density at radius 3 is 2.92 bits per heavy atom. The average Bonchev–Trinajstić information content (AvgIpc) is 2.11. The normalized spacial score (nSPS) is 9.46. The first kappa shape index (κ1) is 9.91. The lowest BCUT2D eigenvalue weighted by Gasteiger charge is -2.01. The van der Waals surface area contributed by atoms with Crippen LogP contribution in [0.4, 0.5) is 9.18 Å². The van der Waals surface area contributed by atoms with Crippen molar-refractivity contribution in [2.75, 3.05) is 7.05 Å². The van der Waals surface area contributed by atoms with Gasteiger partial charge >= 0.3 is 6.09 Å². The Labute approximate surface area is 82.2 Å². The molecule has 0 aliphatic carbocycles. The monoisotopic (exact) mass is 248 g/mol. The van der Waals surface area contributed by atoms with Crippen molar-refractivity contribution in [3.05, 3.63) is 22.6 Å². The van der Waals surface area contributed by atoms with E-state index < -0.39 is 12.0 Å². The highest BCUT2D eigenvalue weighted by atomic mass is 79.9. The number of ether oxygens (including phenoxy) is 1. The van der Waals surface area contributed by atoms with Gasteiger partial charge in [0.1, 0.15) is 0 Å². The van der Waals surface area contributed by atoms with Crippen LogP contribution in [-0.4, -0.2) is 18.1 Å². The van der Waals surface area contributed by atoms with Gasteiger partial charge in [-0.3, -0.25) is 0 Å². The van der Waals surface area contributed by atoms with Crippen LogP contribution in [0.1, 0.15) is 0 Å². The van der Waals surface area contributed by atoms with Crippen LogP contribution in [0.15, 0.2) is 16.6 Å². The number of carbonyl (C=O) groups is 1. The topological polar surface area (TPSA) is 51.2 Å². The molecule has 1 aromatic heterocycles. The van der Waals surface area contributed by atoms with E-state index in [9.17, 15) is 9.18 Å². The molecule has 1 amide bonds. The predicted octanol–water partition coefficient (Wildman–Crippen LogP) is 1.70. The number of hydrogen-bond donors (Lipinski definition) is 1. The third-order valence-electron chi connectivity index (χ3n) is 1.18. The molecule has 70 valence electrons. The van der Waals surface area contributed by atoms with E-state index >= 15 is 0 Å². The van der Waals surface area contributed by atoms with Crippen molar-refractivity contribution in [2.45, 2.75) is 0 Å². The first-order valence-electron chi connectivity index (χ1n) is 3.35. The van der Waals surface area contributed by atoms with Crippen molar-refractivity contribution in [1.29, 1.82) is 0 Å². The van der Waals surface area contributed by atoms with E-state index in [0.717, 1.165) is 0 Å². The number of nitrogens with zero attached hydrogens (tertiary/aromatic N) is 1. The fourth-order valence-corrected chi connectivity index (χ4v) is 0.824. The van der Waals surface area contributed by atoms with Crippen molar-refractivity contribution in [2.24, 2.45) is 0 Å². The van der Waals surface area contributed by atoms with Crippen LogP contribution < -0.4 is 10.1 Å². The highest BCUT2D eigenvalue weighted by Crippen LogP contribution is 2.16. The molecule has 0 aliphatic heterocycles. The fourth-order valence-electron chi connectivity index (χ4n) is 0.603. The molecule has 0 atom stereocenters. The molecule has 13 heavy (non-hydrogen) atoms. The lowest BCUT2D eigenvalue weighted by Crippen LogP contribution is -2.22. The number of carbonyl (C=O) groups excluding carboxylic acids is 1. The molecule has 0 radical (unpaired) electrons. The van der Waals surface area contributed by atoms with E-state index in [1.807, 2.05) is 0 Å². The highest BCUT2D eigenvalue weighted by molar-refractivity contribution is 9.10. The number of amides is 1. The summed E-state index contributed by atoms with van der Waals surface area (Å²) in [5.74, 6) is -0.804. The summed E-state index contributed by atoms with van der Waals surface area (Å²) in [6, 6.07) is 2.78. The second-order valence-corrected chi connectivity index (χ2v) is 2.92. The zero-order valence-corrected chi connectivity index (χ0v) is 8.26. The Hall–Kier alpha value is -1.17. The Morgan fingerprint density at radius 1 is 1.69 bits per heavy atom. The van der Waals surface area contributed by atoms with Crippen LogP contribution in [0.25, 0.3) is 0 Å². The van der Waals surface area contributed by atoms with E-state index in [1.165, 1.54) is 19.2 Å². The Balaban J connectivity index is 2.79. The number of rotatable bonds is 1. The summed E-state index contributed by atoms with van der Waals surface area (Å²) in [7, 11) is 1.40. The third kappa shape index (κ3) is 2.66. The van der Waals surface area contributed by atoms with Crippen LogP contribution in [0.5, 0.6) is 5.88 Å². The maximum atomic E-state index is 12.8. The van der Waals surface area contributed by atoms with E-state index in [1.54, 1.807) is 0 Å². The Morgan fingerprint density at radius 2 is 2.38 bits per heavy atom. The second-order valence-electron chi connectivity index (χ2n) is 2.06. The van der Waals surface area contributed by atoms with Gasteiger partial charge < -0.3 is 10.1 Å². The Bertz CT molecular complexity index is 332. The predicted molar refractivity (Wildman–Crippen MR) is 47.0 cm³/mol. The van der Waals surface area contributed by atoms with Crippen LogP contribution >= 0.6 is 15.9 Å². The molecule has 1 heterocycles. The molecule has 0 spiro atoms. The summed E-state index contributed by atoms with van der Waals surface area (Å²) in [6.07, 6.45) is -0.686. The van der Waals surface area contributed by atoms with E-state index in [4.69, 9.17) is 0 Å². The first-order valence-corrected chi connectivity index (χ1v) is 4.14. The molecule has 4 nitrogen and oxygen atoms in total. The average molecular weight is 249 g/mol. The van der Waals surface area contributed by atoms with Gasteiger partial charge in [0.25, 0.3) is 0 Å². The number of hydrogen-bond acceptors (Lipinski definition) is 3. The SMILES string of the molecule is CNC(=O)Oc1ccc(Br)c(F)n1. The van der Waals surface area contributed by atoms with Gasteiger partial charge in [0.2, 0.25) is 11.8 Å². The van der Waals surface area contributed by atoms with Gasteiger partial charge in [0.15, 0.2) is 0 Å². The maximum Gasteiger partial charge on any atom is 0.413 e. The molecule has 0 unspecified atom stereocenters. The number of nitrogens with one attached hydrogen (secondary N) is 1. The van der Waals surface area contributed by atoms with Crippen LogP contribution in [0.2, 0.25) is 0 Å². The fraction of sp³-hybridized carbons (Fsp3) is 0.143. The summed E-state index contributed by atoms with van der Waals surface area (Å²) in [4.78, 5) is 14.0. The minimum absolute atomic E-state index is 0.0833. The molecular formula is C7H6BrFN2O2. The van der Waals surface area contributed by atoms with Gasteiger partial charge in [0, 0.05) is 13.1 Å². The molecular weight excluding hydrogens is 243 g/mol. The summed E-state index contributed by atoms with van der Waals surface area (Å²) in [5, 5.41) is 2.21. The van der Waals surface area contributed by atoms with Crippen molar-refractivity contribution in [1.82, 2.24) is 10.3 Å². The zero-order valence-electron chi connectivity index (χ0n) is 6.67. The number of halogens is 2. The molecule has 6 heteroatoms. The van der Waals surface area contributed by atoms with Crippen LogP contribution in [-0.2, 0) is 0 Å². The molecule has 0 aromatic carbocycles. The highest BCUT2D eigenvalue weighted by Gasteiger charge is 2.06. The van der Waals surface area contributed by atoms with E-state index in [0.29, 0.717) is 0 Å². The molecule has 1 aromatic rings. The molecule has 0 bridgehead atoms. The van der Waals surface area contributed by atoms with Crippen molar-refractivity contribution in [3.63, 3.8) is 0 Å². The van der Waals surface area contributed by atoms with Crippen molar-refractivity contribution in [3.8, 4) is 5.88 Å². The number of aromatic nitrogens is 1. The molecule has 0 aliphatic rings. The summed E-state index contributed by atoms with van der Waals surface area (Å²) in [6.45, 7) is 0. The maximum absolute atomic E-state index is 12.8. The van der Waals surface area contributed by atoms with Crippen molar-refractivity contribution < 1.29 is 13.9 Å². The molecule has 0 saturated carbocycles. The minimum Gasteiger partial charge on any atom is -0.391 e. The quantitative estimate of drug-likeness (QED) is 0.770. The van der Waals surface area contributed by atoms with Gasteiger partial charge in [-0.25, -0.2) is 4.79 Å². The molecule has 0 saturated heterocycles. The smallest absolute Gasteiger partial charge is 0.391 e. The van der Waals surface area contributed by atoms with Crippen LogP contribution in [0.3, 0.4) is 0 Å².